The number of nitrogens with one attached hydrogen (secondary N) is 3. The first kappa shape index (κ1) is 21.0. The first-order chi connectivity index (χ1) is 13.3. The van der Waals surface area contributed by atoms with Crippen LogP contribution in [0.1, 0.15) is 26.0 Å². The summed E-state index contributed by atoms with van der Waals surface area (Å²) in [6, 6.07) is 3.68. The van der Waals surface area contributed by atoms with Crippen LogP contribution in [-0.2, 0) is 16.0 Å². The van der Waals surface area contributed by atoms with Crippen LogP contribution in [0.3, 0.4) is 0 Å². The highest BCUT2D eigenvalue weighted by Gasteiger charge is 2.27. The van der Waals surface area contributed by atoms with Crippen LogP contribution in [-0.4, -0.2) is 44.0 Å². The summed E-state index contributed by atoms with van der Waals surface area (Å²) in [4.78, 5) is 41.4. The minimum atomic E-state index is -1.04. The Morgan fingerprint density at radius 3 is 2.43 bits per heavy atom. The molecule has 1 aromatic heterocycles. The maximum atomic E-state index is 12.8. The number of hydrogen-bond acceptors (Lipinski definition) is 6. The monoisotopic (exact) mass is 389 g/mol. The highest BCUT2D eigenvalue weighted by molar-refractivity contribution is 5.95. The van der Waals surface area contributed by atoms with Gasteiger partial charge in [0.15, 0.2) is 0 Å². The van der Waals surface area contributed by atoms with E-state index in [-0.39, 0.29) is 18.0 Å². The number of amides is 1. The Morgan fingerprint density at radius 2 is 1.93 bits per heavy atom. The van der Waals surface area contributed by atoms with Crippen molar-refractivity contribution < 1.29 is 19.6 Å². The minimum Gasteiger partial charge on any atom is -0.480 e. The highest BCUT2D eigenvalue weighted by Crippen LogP contribution is 2.16. The first-order valence-electron chi connectivity index (χ1n) is 8.77. The summed E-state index contributed by atoms with van der Waals surface area (Å²) in [5.41, 5.74) is 0.959. The third-order valence-corrected chi connectivity index (χ3v) is 4.05. The molecule has 150 valence electrons. The Hall–Kier alpha value is -3.27. The van der Waals surface area contributed by atoms with Gasteiger partial charge in [0.1, 0.15) is 6.04 Å². The molecule has 0 spiro atoms. The van der Waals surface area contributed by atoms with Gasteiger partial charge in [0, 0.05) is 36.1 Å². The van der Waals surface area contributed by atoms with E-state index in [1.807, 2.05) is 13.8 Å². The van der Waals surface area contributed by atoms with E-state index in [1.165, 1.54) is 30.6 Å². The number of aliphatic carboxylic acids is 1. The van der Waals surface area contributed by atoms with Gasteiger partial charge in [0.05, 0.1) is 17.3 Å². The van der Waals surface area contributed by atoms with Crippen molar-refractivity contribution in [1.29, 1.82) is 0 Å². The fourth-order valence-corrected chi connectivity index (χ4v) is 2.69. The topological polar surface area (TPSA) is 150 Å². The van der Waals surface area contributed by atoms with E-state index in [9.17, 15) is 24.8 Å². The third-order valence-electron chi connectivity index (χ3n) is 4.05. The number of carboxylic acid groups (broad SMARTS) is 1. The van der Waals surface area contributed by atoms with Gasteiger partial charge in [-0.05, 0) is 24.5 Å². The van der Waals surface area contributed by atoms with Crippen molar-refractivity contribution in [2.24, 2.45) is 5.92 Å². The molecular formula is C18H23N5O5. The average molecular weight is 389 g/mol. The van der Waals surface area contributed by atoms with E-state index >= 15 is 0 Å². The number of rotatable bonds is 10. The van der Waals surface area contributed by atoms with Gasteiger partial charge < -0.3 is 15.4 Å². The summed E-state index contributed by atoms with van der Waals surface area (Å²) < 4.78 is 0. The Bertz CT molecular complexity index is 804. The van der Waals surface area contributed by atoms with Crippen LogP contribution in [0.25, 0.3) is 0 Å². The number of aromatic amines is 1. The molecule has 10 heteroatoms. The lowest BCUT2D eigenvalue weighted by Gasteiger charge is -2.23. The number of carbonyl (C=O) groups excluding carboxylic acids is 1. The van der Waals surface area contributed by atoms with Crippen molar-refractivity contribution in [3.8, 4) is 0 Å². The number of H-pyrrole nitrogens is 1. The zero-order valence-electron chi connectivity index (χ0n) is 15.6. The van der Waals surface area contributed by atoms with Crippen LogP contribution < -0.4 is 10.6 Å². The number of nitro groups is 1. The number of imidazole rings is 1. The molecule has 0 fully saturated rings. The summed E-state index contributed by atoms with van der Waals surface area (Å²) in [7, 11) is 0. The van der Waals surface area contributed by atoms with Gasteiger partial charge in [0.2, 0.25) is 5.91 Å². The van der Waals surface area contributed by atoms with Gasteiger partial charge >= 0.3 is 5.97 Å². The average Bonchev–Trinajstić information content (AvgIpc) is 3.13. The van der Waals surface area contributed by atoms with E-state index in [1.54, 1.807) is 6.20 Å². The lowest BCUT2D eigenvalue weighted by Crippen LogP contribution is -2.50. The lowest BCUT2D eigenvalue weighted by atomic mass is 10.0. The number of carboxylic acids is 1. The molecule has 2 unspecified atom stereocenters. The molecule has 0 saturated heterocycles. The summed E-state index contributed by atoms with van der Waals surface area (Å²) >= 11 is 0. The molecule has 2 atom stereocenters. The van der Waals surface area contributed by atoms with Crippen molar-refractivity contribution in [2.45, 2.75) is 38.8 Å². The molecule has 10 nitrogen and oxygen atoms in total. The van der Waals surface area contributed by atoms with Crippen LogP contribution in [0.5, 0.6) is 0 Å². The zero-order chi connectivity index (χ0) is 20.7. The van der Waals surface area contributed by atoms with Gasteiger partial charge in [-0.15, -0.1) is 0 Å². The van der Waals surface area contributed by atoms with Gasteiger partial charge in [-0.3, -0.25) is 25.0 Å². The standard InChI is InChI=1S/C18H23N5O5/c1-11(2)7-16(18(25)26)22-15(8-13-9-19-10-20-13)17(24)21-12-3-5-14(6-4-12)23(27)28/h3-6,9-11,15-16,22H,7-8H2,1-2H3,(H,19,20)(H,21,24)(H,25,26). The van der Waals surface area contributed by atoms with Crippen molar-refractivity contribution >= 4 is 23.3 Å². The molecule has 0 aliphatic carbocycles. The smallest absolute Gasteiger partial charge is 0.320 e. The van der Waals surface area contributed by atoms with E-state index in [0.717, 1.165) is 0 Å². The summed E-state index contributed by atoms with van der Waals surface area (Å²) in [6.45, 7) is 3.80. The Labute approximate surface area is 161 Å². The molecule has 2 rings (SSSR count). The number of anilines is 1. The molecule has 4 N–H and O–H groups in total. The number of hydrogen-bond donors (Lipinski definition) is 4. The fraction of sp³-hybridized carbons (Fsp3) is 0.389. The van der Waals surface area contributed by atoms with Crippen molar-refractivity contribution in [3.63, 3.8) is 0 Å². The molecule has 1 amide bonds. The molecule has 0 saturated carbocycles. The molecule has 1 aromatic carbocycles. The molecule has 0 aliphatic heterocycles. The second kappa shape index (κ2) is 9.60. The maximum absolute atomic E-state index is 12.8. The second-order valence-electron chi connectivity index (χ2n) is 6.81. The highest BCUT2D eigenvalue weighted by atomic mass is 16.6. The SMILES string of the molecule is CC(C)CC(NC(Cc1cnc[nH]1)C(=O)Nc1ccc([N+](=O)[O-])cc1)C(=O)O. The van der Waals surface area contributed by atoms with Gasteiger partial charge in [-0.2, -0.15) is 0 Å². The van der Waals surface area contributed by atoms with Crippen LogP contribution >= 0.6 is 0 Å². The number of nitro benzene ring substituents is 1. The molecule has 0 radical (unpaired) electrons. The van der Waals surface area contributed by atoms with Crippen molar-refractivity contribution in [1.82, 2.24) is 15.3 Å². The van der Waals surface area contributed by atoms with Crippen LogP contribution in [0.2, 0.25) is 0 Å². The summed E-state index contributed by atoms with van der Waals surface area (Å²) in [5.74, 6) is -1.36. The summed E-state index contributed by atoms with van der Waals surface area (Å²) in [6.07, 6.45) is 3.61. The van der Waals surface area contributed by atoms with Crippen molar-refractivity contribution in [3.05, 3.63) is 52.6 Å². The normalized spacial score (nSPS) is 13.1. The van der Waals surface area contributed by atoms with Gasteiger partial charge in [0.25, 0.3) is 5.69 Å². The number of benzene rings is 1. The molecule has 2 aromatic rings. The van der Waals surface area contributed by atoms with Crippen molar-refractivity contribution in [2.75, 3.05) is 5.32 Å². The van der Waals surface area contributed by atoms with E-state index in [0.29, 0.717) is 17.8 Å². The summed E-state index contributed by atoms with van der Waals surface area (Å²) in [5, 5.41) is 25.8. The quantitative estimate of drug-likeness (QED) is 0.358. The Kier molecular flexibility index (Phi) is 7.21. The number of non-ortho nitro benzene ring substituents is 1. The molecule has 0 aliphatic rings. The van der Waals surface area contributed by atoms with Gasteiger partial charge in [-0.1, -0.05) is 13.8 Å². The van der Waals surface area contributed by atoms with Gasteiger partial charge in [-0.25, -0.2) is 4.98 Å². The van der Waals surface area contributed by atoms with E-state index in [2.05, 4.69) is 20.6 Å². The van der Waals surface area contributed by atoms with E-state index < -0.39 is 28.9 Å². The minimum absolute atomic E-state index is 0.0898. The Balaban J connectivity index is 2.15. The first-order valence-corrected chi connectivity index (χ1v) is 8.77. The maximum Gasteiger partial charge on any atom is 0.320 e. The number of carbonyl (C=O) groups is 2. The third kappa shape index (κ3) is 6.16. The van der Waals surface area contributed by atoms with E-state index in [4.69, 9.17) is 0 Å². The predicted octanol–water partition coefficient (Wildman–Crippen LogP) is 1.96. The van der Waals surface area contributed by atoms with Crippen LogP contribution in [0.15, 0.2) is 36.8 Å². The zero-order valence-corrected chi connectivity index (χ0v) is 15.6. The number of nitrogens with zero attached hydrogens (tertiary/aromatic N) is 2. The number of aromatic nitrogens is 2. The molecule has 0 bridgehead atoms. The molecular weight excluding hydrogens is 366 g/mol. The lowest BCUT2D eigenvalue weighted by molar-refractivity contribution is -0.384. The fourth-order valence-electron chi connectivity index (χ4n) is 2.69. The predicted molar refractivity (Wildman–Crippen MR) is 102 cm³/mol. The largest absolute Gasteiger partial charge is 0.480 e. The molecule has 1 heterocycles. The van der Waals surface area contributed by atoms with Crippen LogP contribution in [0, 0.1) is 16.0 Å². The second-order valence-corrected chi connectivity index (χ2v) is 6.81. The van der Waals surface area contributed by atoms with Crippen LogP contribution in [0.4, 0.5) is 11.4 Å². The molecule has 28 heavy (non-hydrogen) atoms. The Morgan fingerprint density at radius 1 is 1.25 bits per heavy atom.